The SMILES string of the molecule is Fc1ccccc1Cn1nc(-c2cc(N3CCOCC3)ccn2)nc1-c1cocn1. The first-order chi connectivity index (χ1) is 14.8. The highest BCUT2D eigenvalue weighted by atomic mass is 19.1. The number of hydrogen-bond donors (Lipinski definition) is 0. The zero-order valence-electron chi connectivity index (χ0n) is 16.1. The maximum Gasteiger partial charge on any atom is 0.200 e. The van der Waals surface area contributed by atoms with Crippen molar-refractivity contribution in [2.75, 3.05) is 31.2 Å². The zero-order chi connectivity index (χ0) is 20.3. The molecule has 3 aromatic heterocycles. The quantitative estimate of drug-likeness (QED) is 0.504. The van der Waals surface area contributed by atoms with Gasteiger partial charge in [-0.25, -0.2) is 19.0 Å². The molecule has 30 heavy (non-hydrogen) atoms. The number of hydrogen-bond acceptors (Lipinski definition) is 7. The van der Waals surface area contributed by atoms with Gasteiger partial charge in [-0.15, -0.1) is 5.10 Å². The molecule has 1 aromatic carbocycles. The van der Waals surface area contributed by atoms with Gasteiger partial charge >= 0.3 is 0 Å². The Bertz CT molecular complexity index is 1140. The predicted octanol–water partition coefficient (Wildman–Crippen LogP) is 3.02. The monoisotopic (exact) mass is 406 g/mol. The van der Waals surface area contributed by atoms with Crippen LogP contribution in [-0.4, -0.2) is 51.0 Å². The van der Waals surface area contributed by atoms with E-state index >= 15 is 0 Å². The lowest BCUT2D eigenvalue weighted by Gasteiger charge is -2.28. The van der Waals surface area contributed by atoms with Crippen LogP contribution in [0.5, 0.6) is 0 Å². The molecule has 1 fully saturated rings. The summed E-state index contributed by atoms with van der Waals surface area (Å²) in [4.78, 5) is 15.5. The Hall–Kier alpha value is -3.59. The fourth-order valence-electron chi connectivity index (χ4n) is 3.42. The third kappa shape index (κ3) is 3.67. The second-order valence-corrected chi connectivity index (χ2v) is 6.88. The van der Waals surface area contributed by atoms with E-state index in [9.17, 15) is 4.39 Å². The molecule has 0 unspecified atom stereocenters. The molecule has 152 valence electrons. The number of morpholine rings is 1. The van der Waals surface area contributed by atoms with Crippen molar-refractivity contribution in [1.29, 1.82) is 0 Å². The van der Waals surface area contributed by atoms with Crippen LogP contribution in [-0.2, 0) is 11.3 Å². The average Bonchev–Trinajstić information content (AvgIpc) is 3.46. The van der Waals surface area contributed by atoms with Crippen molar-refractivity contribution in [2.24, 2.45) is 0 Å². The topological polar surface area (TPSA) is 82.1 Å². The van der Waals surface area contributed by atoms with Crippen LogP contribution in [0.1, 0.15) is 5.56 Å². The first kappa shape index (κ1) is 18.4. The number of halogens is 1. The summed E-state index contributed by atoms with van der Waals surface area (Å²) in [5, 5.41) is 4.61. The molecule has 4 heterocycles. The summed E-state index contributed by atoms with van der Waals surface area (Å²) >= 11 is 0. The zero-order valence-corrected chi connectivity index (χ0v) is 16.1. The minimum absolute atomic E-state index is 0.213. The van der Waals surface area contributed by atoms with Crippen LogP contribution in [0.15, 0.2) is 59.7 Å². The molecular formula is C21H19FN6O2. The number of nitrogens with zero attached hydrogens (tertiary/aromatic N) is 6. The second-order valence-electron chi connectivity index (χ2n) is 6.88. The smallest absolute Gasteiger partial charge is 0.200 e. The number of ether oxygens (including phenoxy) is 1. The van der Waals surface area contributed by atoms with Crippen LogP contribution in [0, 0.1) is 5.82 Å². The van der Waals surface area contributed by atoms with Gasteiger partial charge in [0.1, 0.15) is 23.5 Å². The number of oxazole rings is 1. The van der Waals surface area contributed by atoms with Crippen molar-refractivity contribution in [3.63, 3.8) is 0 Å². The van der Waals surface area contributed by atoms with Crippen LogP contribution in [0.3, 0.4) is 0 Å². The molecule has 0 saturated carbocycles. The van der Waals surface area contributed by atoms with Gasteiger partial charge in [0, 0.05) is 30.5 Å². The number of anilines is 1. The molecule has 8 nitrogen and oxygen atoms in total. The van der Waals surface area contributed by atoms with E-state index in [1.807, 2.05) is 12.1 Å². The largest absolute Gasteiger partial charge is 0.451 e. The first-order valence-corrected chi connectivity index (χ1v) is 9.64. The first-order valence-electron chi connectivity index (χ1n) is 9.64. The highest BCUT2D eigenvalue weighted by Gasteiger charge is 2.19. The average molecular weight is 406 g/mol. The summed E-state index contributed by atoms with van der Waals surface area (Å²) in [5.41, 5.74) is 2.70. The molecule has 0 atom stereocenters. The molecule has 1 saturated heterocycles. The lowest BCUT2D eigenvalue weighted by molar-refractivity contribution is 0.122. The molecule has 9 heteroatoms. The fourth-order valence-corrected chi connectivity index (χ4v) is 3.42. The van der Waals surface area contributed by atoms with E-state index in [0.717, 1.165) is 18.8 Å². The van der Waals surface area contributed by atoms with Crippen molar-refractivity contribution >= 4 is 5.69 Å². The number of aromatic nitrogens is 5. The molecule has 0 aliphatic carbocycles. The molecular weight excluding hydrogens is 387 g/mol. The minimum atomic E-state index is -0.298. The lowest BCUT2D eigenvalue weighted by atomic mass is 10.2. The van der Waals surface area contributed by atoms with Crippen molar-refractivity contribution in [3.05, 3.63) is 66.6 Å². The maximum atomic E-state index is 14.2. The molecule has 0 N–H and O–H groups in total. The van der Waals surface area contributed by atoms with E-state index in [4.69, 9.17) is 9.15 Å². The summed E-state index contributed by atoms with van der Waals surface area (Å²) in [6, 6.07) is 10.5. The van der Waals surface area contributed by atoms with Gasteiger partial charge < -0.3 is 14.1 Å². The maximum absolute atomic E-state index is 14.2. The summed E-state index contributed by atoms with van der Waals surface area (Å²) in [5.74, 6) is 0.633. The van der Waals surface area contributed by atoms with Crippen LogP contribution in [0.2, 0.25) is 0 Å². The van der Waals surface area contributed by atoms with E-state index in [2.05, 4.69) is 25.0 Å². The Balaban J connectivity index is 1.52. The van der Waals surface area contributed by atoms with Gasteiger partial charge in [-0.2, -0.15) is 0 Å². The van der Waals surface area contributed by atoms with Crippen molar-refractivity contribution < 1.29 is 13.5 Å². The number of pyridine rings is 1. The fraction of sp³-hybridized carbons (Fsp3) is 0.238. The van der Waals surface area contributed by atoms with Crippen LogP contribution < -0.4 is 4.90 Å². The van der Waals surface area contributed by atoms with E-state index in [0.29, 0.717) is 41.8 Å². The Kier molecular flexibility index (Phi) is 4.94. The molecule has 0 spiro atoms. The van der Waals surface area contributed by atoms with Gasteiger partial charge in [-0.3, -0.25) is 4.98 Å². The highest BCUT2D eigenvalue weighted by molar-refractivity contribution is 5.61. The summed E-state index contributed by atoms with van der Waals surface area (Å²) in [6.07, 6.45) is 4.56. The predicted molar refractivity (Wildman–Crippen MR) is 107 cm³/mol. The number of benzene rings is 1. The van der Waals surface area contributed by atoms with Gasteiger partial charge in [0.25, 0.3) is 0 Å². The number of rotatable bonds is 5. The Morgan fingerprint density at radius 3 is 2.70 bits per heavy atom. The van der Waals surface area contributed by atoms with Crippen LogP contribution in [0.25, 0.3) is 23.0 Å². The molecule has 0 amide bonds. The van der Waals surface area contributed by atoms with Crippen molar-refractivity contribution in [3.8, 4) is 23.0 Å². The van der Waals surface area contributed by atoms with Gasteiger partial charge in [-0.1, -0.05) is 18.2 Å². The lowest BCUT2D eigenvalue weighted by Crippen LogP contribution is -2.36. The van der Waals surface area contributed by atoms with Crippen molar-refractivity contribution in [2.45, 2.75) is 6.54 Å². The normalized spacial score (nSPS) is 14.2. The van der Waals surface area contributed by atoms with E-state index in [-0.39, 0.29) is 12.4 Å². The standard InChI is InChI=1S/C21H19FN6O2/c22-17-4-2-1-3-15(17)12-28-21(19-13-30-14-24-19)25-20(26-28)18-11-16(5-6-23-18)27-7-9-29-10-8-27/h1-6,11,13-14H,7-10,12H2. The highest BCUT2D eigenvalue weighted by Crippen LogP contribution is 2.25. The van der Waals surface area contributed by atoms with Gasteiger partial charge in [0.05, 0.1) is 19.8 Å². The van der Waals surface area contributed by atoms with E-state index < -0.39 is 0 Å². The van der Waals surface area contributed by atoms with E-state index in [1.54, 1.807) is 29.1 Å². The molecule has 0 bridgehead atoms. The molecule has 1 aliphatic heterocycles. The van der Waals surface area contributed by atoms with Crippen LogP contribution >= 0.6 is 0 Å². The van der Waals surface area contributed by atoms with Gasteiger partial charge in [0.15, 0.2) is 18.0 Å². The third-order valence-electron chi connectivity index (χ3n) is 4.96. The Morgan fingerprint density at radius 2 is 1.90 bits per heavy atom. The summed E-state index contributed by atoms with van der Waals surface area (Å²) < 4.78 is 26.4. The van der Waals surface area contributed by atoms with Crippen molar-refractivity contribution in [1.82, 2.24) is 24.7 Å². The Morgan fingerprint density at radius 1 is 1.03 bits per heavy atom. The molecule has 0 radical (unpaired) electrons. The second kappa shape index (κ2) is 8.03. The molecule has 4 aromatic rings. The van der Waals surface area contributed by atoms with Crippen LogP contribution in [0.4, 0.5) is 10.1 Å². The molecule has 5 rings (SSSR count). The van der Waals surface area contributed by atoms with Gasteiger partial charge in [-0.05, 0) is 18.2 Å². The van der Waals surface area contributed by atoms with E-state index in [1.165, 1.54) is 18.7 Å². The van der Waals surface area contributed by atoms with Gasteiger partial charge in [0.2, 0.25) is 0 Å². The summed E-state index contributed by atoms with van der Waals surface area (Å²) in [7, 11) is 0. The summed E-state index contributed by atoms with van der Waals surface area (Å²) in [6.45, 7) is 3.25. The third-order valence-corrected chi connectivity index (χ3v) is 4.96. The Labute approximate surface area is 172 Å². The molecule has 1 aliphatic rings. The minimum Gasteiger partial charge on any atom is -0.451 e.